The van der Waals surface area contributed by atoms with E-state index < -0.39 is 0 Å². The first-order valence-electron chi connectivity index (χ1n) is 7.99. The van der Waals surface area contributed by atoms with Gasteiger partial charge in [-0.2, -0.15) is 0 Å². The Morgan fingerprint density at radius 2 is 0.667 bits per heavy atom. The topological polar surface area (TPSA) is 65.1 Å². The van der Waals surface area contributed by atoms with Crippen molar-refractivity contribution in [2.45, 2.75) is 0 Å². The van der Waals surface area contributed by atoms with Crippen molar-refractivity contribution in [3.05, 3.63) is 91.0 Å². The van der Waals surface area contributed by atoms with Gasteiger partial charge >= 0.3 is 0 Å². The molecule has 1 aliphatic heterocycles. The van der Waals surface area contributed by atoms with E-state index in [0.29, 0.717) is 33.4 Å². The summed E-state index contributed by atoms with van der Waals surface area (Å²) in [6.07, 6.45) is 0. The Balaban J connectivity index is 1.47. The molecule has 1 fully saturated rings. The summed E-state index contributed by atoms with van der Waals surface area (Å²) in [5.41, 5.74) is 0. The third-order valence-electron chi connectivity index (χ3n) is 3.17. The SMILES string of the molecule is c1ccc(ON2ON(Oc3ccccc3)ON(Oc3ccccc3)O2)cc1. The van der Waals surface area contributed by atoms with Crippen LogP contribution in [0.4, 0.5) is 0 Å². The van der Waals surface area contributed by atoms with E-state index in [-0.39, 0.29) is 0 Å². The van der Waals surface area contributed by atoms with Gasteiger partial charge in [-0.3, -0.25) is 0 Å². The zero-order valence-corrected chi connectivity index (χ0v) is 14.0. The first-order chi connectivity index (χ1) is 13.3. The van der Waals surface area contributed by atoms with E-state index in [9.17, 15) is 0 Å². The summed E-state index contributed by atoms with van der Waals surface area (Å²) in [4.78, 5) is 32.0. The Kier molecular flexibility index (Phi) is 5.41. The molecule has 4 rings (SSSR count). The minimum atomic E-state index is 0.457. The van der Waals surface area contributed by atoms with E-state index in [1.807, 2.05) is 18.2 Å². The molecule has 0 atom stereocenters. The molecule has 1 heterocycles. The van der Waals surface area contributed by atoms with Crippen LogP contribution in [-0.2, 0) is 14.8 Å². The first kappa shape index (κ1) is 17.2. The van der Waals surface area contributed by atoms with Crippen LogP contribution in [0.2, 0.25) is 0 Å². The molecule has 0 spiro atoms. The molecule has 9 nitrogen and oxygen atoms in total. The summed E-state index contributed by atoms with van der Waals surface area (Å²) in [5.74, 6) is 1.37. The van der Waals surface area contributed by atoms with Crippen LogP contribution in [0.25, 0.3) is 0 Å². The monoisotopic (exact) mass is 369 g/mol. The van der Waals surface area contributed by atoms with Gasteiger partial charge in [-0.15, -0.1) is 0 Å². The van der Waals surface area contributed by atoms with Crippen LogP contribution in [0.1, 0.15) is 0 Å². The second-order valence-corrected chi connectivity index (χ2v) is 5.13. The highest BCUT2D eigenvalue weighted by atomic mass is 17.5. The number of para-hydroxylation sites is 3. The lowest BCUT2D eigenvalue weighted by Crippen LogP contribution is -2.53. The van der Waals surface area contributed by atoms with Gasteiger partial charge in [-0.05, 0) is 36.4 Å². The van der Waals surface area contributed by atoms with Crippen LogP contribution in [0, 0.1) is 0 Å². The minimum Gasteiger partial charge on any atom is -0.354 e. The van der Waals surface area contributed by atoms with E-state index in [4.69, 9.17) is 29.3 Å². The van der Waals surface area contributed by atoms with Gasteiger partial charge in [0.25, 0.3) is 0 Å². The molecule has 0 amide bonds. The van der Waals surface area contributed by atoms with Gasteiger partial charge in [0.15, 0.2) is 33.4 Å². The fourth-order valence-corrected chi connectivity index (χ4v) is 2.01. The summed E-state index contributed by atoms with van der Waals surface area (Å²) in [6, 6.07) is 26.6. The van der Waals surface area contributed by atoms with Crippen molar-refractivity contribution in [3.63, 3.8) is 0 Å². The number of nitrogens with zero attached hydrogens (tertiary/aromatic N) is 3. The Morgan fingerprint density at radius 1 is 0.407 bits per heavy atom. The molecular weight excluding hydrogens is 354 g/mol. The molecule has 1 aliphatic rings. The second-order valence-electron chi connectivity index (χ2n) is 5.13. The van der Waals surface area contributed by atoms with Gasteiger partial charge in [-0.1, -0.05) is 69.4 Å². The van der Waals surface area contributed by atoms with Gasteiger partial charge in [0.1, 0.15) is 0 Å². The predicted molar refractivity (Wildman–Crippen MR) is 90.0 cm³/mol. The van der Waals surface area contributed by atoms with Crippen molar-refractivity contribution in [2.75, 3.05) is 0 Å². The molecule has 0 saturated carbocycles. The number of rotatable bonds is 6. The number of benzene rings is 3. The lowest BCUT2D eigenvalue weighted by atomic mass is 10.3. The van der Waals surface area contributed by atoms with Gasteiger partial charge in [-0.25, -0.2) is 0 Å². The fraction of sp³-hybridized carbons (Fsp3) is 0. The van der Waals surface area contributed by atoms with Crippen molar-refractivity contribution in [1.82, 2.24) is 16.2 Å². The second kappa shape index (κ2) is 8.47. The largest absolute Gasteiger partial charge is 0.354 e. The summed E-state index contributed by atoms with van der Waals surface area (Å²) in [7, 11) is 0. The Labute approximate surface area is 154 Å². The van der Waals surface area contributed by atoms with Crippen LogP contribution in [-0.4, -0.2) is 16.2 Å². The zero-order valence-electron chi connectivity index (χ0n) is 14.0. The molecule has 0 bridgehead atoms. The molecule has 3 aromatic carbocycles. The van der Waals surface area contributed by atoms with Crippen molar-refractivity contribution >= 4 is 0 Å². The quantitative estimate of drug-likeness (QED) is 0.650. The summed E-state index contributed by atoms with van der Waals surface area (Å²) >= 11 is 0. The normalized spacial score (nSPS) is 16.0. The van der Waals surface area contributed by atoms with Gasteiger partial charge in [0.2, 0.25) is 0 Å². The molecular formula is C18H15N3O6. The van der Waals surface area contributed by atoms with Gasteiger partial charge in [0.05, 0.1) is 0 Å². The van der Waals surface area contributed by atoms with Crippen molar-refractivity contribution in [2.24, 2.45) is 0 Å². The van der Waals surface area contributed by atoms with Crippen LogP contribution >= 0.6 is 0 Å². The third-order valence-corrected chi connectivity index (χ3v) is 3.17. The lowest BCUT2D eigenvalue weighted by Gasteiger charge is -2.32. The number of hydrogen-bond acceptors (Lipinski definition) is 9. The molecule has 0 aromatic heterocycles. The van der Waals surface area contributed by atoms with Gasteiger partial charge in [0, 0.05) is 0 Å². The Hall–Kier alpha value is -3.18. The van der Waals surface area contributed by atoms with Crippen LogP contribution in [0.3, 0.4) is 0 Å². The third kappa shape index (κ3) is 4.92. The maximum absolute atomic E-state index is 5.46. The summed E-state index contributed by atoms with van der Waals surface area (Å²) < 4.78 is 0. The van der Waals surface area contributed by atoms with Crippen LogP contribution < -0.4 is 14.5 Å². The molecule has 138 valence electrons. The maximum Gasteiger partial charge on any atom is 0.174 e. The first-order valence-corrected chi connectivity index (χ1v) is 7.99. The molecule has 0 unspecified atom stereocenters. The molecule has 0 N–H and O–H groups in total. The molecule has 0 radical (unpaired) electrons. The van der Waals surface area contributed by atoms with Crippen molar-refractivity contribution in [1.29, 1.82) is 0 Å². The molecule has 0 aliphatic carbocycles. The minimum absolute atomic E-state index is 0.457. The van der Waals surface area contributed by atoms with E-state index in [1.165, 1.54) is 0 Å². The van der Waals surface area contributed by atoms with E-state index in [1.54, 1.807) is 72.8 Å². The van der Waals surface area contributed by atoms with Crippen LogP contribution in [0.15, 0.2) is 91.0 Å². The van der Waals surface area contributed by atoms with E-state index >= 15 is 0 Å². The summed E-state index contributed by atoms with van der Waals surface area (Å²) in [5, 5.41) is 1.97. The lowest BCUT2D eigenvalue weighted by molar-refractivity contribution is -0.821. The molecule has 9 heteroatoms. The molecule has 3 aromatic rings. The average molecular weight is 369 g/mol. The standard InChI is InChI=1S/C18H15N3O6/c1-4-10-16(11-5-1)22-19-25-20(23-17-12-6-2-7-13-17)27-21(26-19)24-18-14-8-3-9-15-18/h1-15H. The van der Waals surface area contributed by atoms with E-state index in [2.05, 4.69) is 0 Å². The predicted octanol–water partition coefficient (Wildman–Crippen LogP) is 3.43. The van der Waals surface area contributed by atoms with Crippen molar-refractivity contribution in [3.8, 4) is 17.2 Å². The van der Waals surface area contributed by atoms with Crippen molar-refractivity contribution < 1.29 is 29.3 Å². The smallest absolute Gasteiger partial charge is 0.174 e. The highest BCUT2D eigenvalue weighted by Gasteiger charge is 2.34. The highest BCUT2D eigenvalue weighted by Crippen LogP contribution is 2.21. The highest BCUT2D eigenvalue weighted by molar-refractivity contribution is 5.21. The fourth-order valence-electron chi connectivity index (χ4n) is 2.01. The number of hydrogen-bond donors (Lipinski definition) is 0. The Morgan fingerprint density at radius 3 is 0.926 bits per heavy atom. The molecule has 1 saturated heterocycles. The maximum atomic E-state index is 5.46. The summed E-state index contributed by atoms with van der Waals surface area (Å²) in [6.45, 7) is 0. The Bertz CT molecular complexity index is 705. The average Bonchev–Trinajstić information content (AvgIpc) is 2.70. The van der Waals surface area contributed by atoms with Gasteiger partial charge < -0.3 is 14.5 Å². The van der Waals surface area contributed by atoms with Crippen LogP contribution in [0.5, 0.6) is 17.2 Å². The van der Waals surface area contributed by atoms with E-state index in [0.717, 1.165) is 0 Å². The zero-order chi connectivity index (χ0) is 18.3. The molecule has 27 heavy (non-hydrogen) atoms.